The molecular weight excluding hydrogens is 402 g/mol. The van der Waals surface area contributed by atoms with Crippen molar-refractivity contribution in [2.24, 2.45) is 28.6 Å². The highest BCUT2D eigenvalue weighted by Crippen LogP contribution is 2.80. The van der Waals surface area contributed by atoms with Gasteiger partial charge in [0.1, 0.15) is 5.60 Å². The van der Waals surface area contributed by atoms with Crippen LogP contribution in [0.3, 0.4) is 0 Å². The van der Waals surface area contributed by atoms with Crippen LogP contribution in [0.5, 0.6) is 0 Å². The summed E-state index contributed by atoms with van der Waals surface area (Å²) in [5.74, 6) is -1.27. The van der Waals surface area contributed by atoms with Crippen LogP contribution in [-0.2, 0) is 9.47 Å². The highest BCUT2D eigenvalue weighted by Gasteiger charge is 2.89. The average molecular weight is 440 g/mol. The number of nitrogens with zero attached hydrogens (tertiary/aromatic N) is 1. The maximum absolute atomic E-state index is 12.8. The van der Waals surface area contributed by atoms with E-state index in [0.717, 1.165) is 19.4 Å². The van der Waals surface area contributed by atoms with Crippen molar-refractivity contribution in [3.05, 3.63) is 0 Å². The Hall–Kier alpha value is -0.320. The van der Waals surface area contributed by atoms with Gasteiger partial charge in [0, 0.05) is 55.9 Å². The molecule has 0 aromatic heterocycles. The third-order valence-electron chi connectivity index (χ3n) is 11.2. The number of likely N-dealkylation sites (tertiary alicyclic amines) is 1. The van der Waals surface area contributed by atoms with Gasteiger partial charge in [0.15, 0.2) is 0 Å². The molecule has 6 fully saturated rings. The molecule has 31 heavy (non-hydrogen) atoms. The highest BCUT2D eigenvalue weighted by atomic mass is 16.5. The van der Waals surface area contributed by atoms with E-state index in [9.17, 15) is 25.5 Å². The van der Waals surface area contributed by atoms with Crippen LogP contribution in [0.2, 0.25) is 0 Å². The summed E-state index contributed by atoms with van der Waals surface area (Å²) in [7, 11) is 3.36. The van der Waals surface area contributed by atoms with Crippen molar-refractivity contribution in [2.75, 3.05) is 33.9 Å². The monoisotopic (exact) mass is 439 g/mol. The maximum atomic E-state index is 12.8. The molecule has 0 aromatic carbocycles. The Morgan fingerprint density at radius 3 is 2.39 bits per heavy atom. The van der Waals surface area contributed by atoms with Gasteiger partial charge < -0.3 is 35.0 Å². The Labute approximate surface area is 183 Å². The summed E-state index contributed by atoms with van der Waals surface area (Å²) < 4.78 is 11.8. The van der Waals surface area contributed by atoms with Gasteiger partial charge in [-0.25, -0.2) is 0 Å². The number of fused-ring (bicyclic) bond motifs is 2. The molecule has 12 atom stereocenters. The van der Waals surface area contributed by atoms with Crippen molar-refractivity contribution in [1.82, 2.24) is 4.90 Å². The van der Waals surface area contributed by atoms with E-state index < -0.39 is 45.8 Å². The van der Waals surface area contributed by atoms with E-state index in [4.69, 9.17) is 9.47 Å². The lowest BCUT2D eigenvalue weighted by molar-refractivity contribution is -0.325. The molecule has 0 radical (unpaired) electrons. The molecule has 7 bridgehead atoms. The SMILES string of the molecule is CCN1C[C@]2(COC)CC[C@H](OC)[C@]34C1[C@H](C[C@]23O)[C@@]1(O)C[C@H](O)[C@@]2(O)C[C@@H]4[C@@H]1[C@H]2O. The topological polar surface area (TPSA) is 123 Å². The zero-order valence-electron chi connectivity index (χ0n) is 18.7. The van der Waals surface area contributed by atoms with Crippen LogP contribution < -0.4 is 0 Å². The van der Waals surface area contributed by atoms with E-state index in [-0.39, 0.29) is 36.8 Å². The molecule has 1 aliphatic heterocycles. The fourth-order valence-corrected chi connectivity index (χ4v) is 10.3. The predicted molar refractivity (Wildman–Crippen MR) is 109 cm³/mol. The van der Waals surface area contributed by atoms with Crippen LogP contribution in [0.15, 0.2) is 0 Å². The fraction of sp³-hybridized carbons (Fsp3) is 1.00. The zero-order chi connectivity index (χ0) is 22.2. The summed E-state index contributed by atoms with van der Waals surface area (Å²) in [5.41, 5.74) is -5.40. The first-order chi connectivity index (χ1) is 14.6. The molecule has 8 heteroatoms. The van der Waals surface area contributed by atoms with Crippen molar-refractivity contribution < 1.29 is 35.0 Å². The quantitative estimate of drug-likeness (QED) is 0.382. The Kier molecular flexibility index (Phi) is 4.12. The van der Waals surface area contributed by atoms with Crippen LogP contribution in [0.25, 0.3) is 0 Å². The van der Waals surface area contributed by atoms with Gasteiger partial charge in [0.05, 0.1) is 36.1 Å². The Morgan fingerprint density at radius 1 is 1.00 bits per heavy atom. The number of rotatable bonds is 4. The predicted octanol–water partition coefficient (Wildman–Crippen LogP) is -0.893. The van der Waals surface area contributed by atoms with E-state index in [1.54, 1.807) is 14.2 Å². The minimum absolute atomic E-state index is 0.0293. The molecule has 6 aliphatic rings. The van der Waals surface area contributed by atoms with Gasteiger partial charge in [-0.15, -0.1) is 0 Å². The minimum atomic E-state index is -1.66. The number of aliphatic hydroxyl groups is 5. The summed E-state index contributed by atoms with van der Waals surface area (Å²) >= 11 is 0. The van der Waals surface area contributed by atoms with Gasteiger partial charge in [-0.2, -0.15) is 0 Å². The van der Waals surface area contributed by atoms with E-state index >= 15 is 0 Å². The number of hydrogen-bond acceptors (Lipinski definition) is 8. The van der Waals surface area contributed by atoms with Crippen LogP contribution in [0.4, 0.5) is 0 Å². The number of piperidine rings is 1. The third-order valence-corrected chi connectivity index (χ3v) is 11.2. The first kappa shape index (κ1) is 21.2. The van der Waals surface area contributed by atoms with E-state index in [1.807, 2.05) is 0 Å². The molecule has 5 aliphatic carbocycles. The van der Waals surface area contributed by atoms with Gasteiger partial charge in [-0.05, 0) is 38.1 Å². The first-order valence-electron chi connectivity index (χ1n) is 11.9. The van der Waals surface area contributed by atoms with Gasteiger partial charge in [-0.1, -0.05) is 6.92 Å². The molecule has 1 heterocycles. The van der Waals surface area contributed by atoms with Gasteiger partial charge in [-0.3, -0.25) is 4.90 Å². The molecule has 0 aromatic rings. The Balaban J connectivity index is 1.65. The lowest BCUT2D eigenvalue weighted by Gasteiger charge is -2.71. The van der Waals surface area contributed by atoms with Crippen LogP contribution >= 0.6 is 0 Å². The smallest absolute Gasteiger partial charge is 0.117 e. The van der Waals surface area contributed by atoms with E-state index in [2.05, 4.69) is 11.8 Å². The van der Waals surface area contributed by atoms with Gasteiger partial charge in [0.2, 0.25) is 0 Å². The number of hydrogen-bond donors (Lipinski definition) is 5. The highest BCUT2D eigenvalue weighted by molar-refractivity contribution is 5.39. The Morgan fingerprint density at radius 2 is 1.74 bits per heavy atom. The molecule has 5 saturated carbocycles. The largest absolute Gasteiger partial charge is 0.390 e. The van der Waals surface area contributed by atoms with Crippen molar-refractivity contribution in [2.45, 2.75) is 80.2 Å². The normalized spacial score (nSPS) is 64.1. The molecular formula is C23H37NO7. The summed E-state index contributed by atoms with van der Waals surface area (Å²) in [4.78, 5) is 2.39. The van der Waals surface area contributed by atoms with Crippen LogP contribution in [-0.4, -0.2) is 106 Å². The van der Waals surface area contributed by atoms with Crippen molar-refractivity contribution in [3.8, 4) is 0 Å². The third kappa shape index (κ3) is 1.89. The van der Waals surface area contributed by atoms with Crippen LogP contribution in [0, 0.1) is 28.6 Å². The summed E-state index contributed by atoms with van der Waals surface area (Å²) in [6.45, 7) is 3.99. The number of ether oxygens (including phenoxy) is 2. The lowest BCUT2D eigenvalue weighted by atomic mass is 9.41. The zero-order valence-corrected chi connectivity index (χ0v) is 18.7. The average Bonchev–Trinajstić information content (AvgIpc) is 3.07. The minimum Gasteiger partial charge on any atom is -0.390 e. The fourth-order valence-electron chi connectivity index (χ4n) is 10.3. The van der Waals surface area contributed by atoms with Gasteiger partial charge in [0.25, 0.3) is 0 Å². The molecule has 0 amide bonds. The van der Waals surface area contributed by atoms with E-state index in [1.165, 1.54) is 0 Å². The van der Waals surface area contributed by atoms with Crippen molar-refractivity contribution >= 4 is 0 Å². The van der Waals surface area contributed by atoms with Gasteiger partial charge >= 0.3 is 0 Å². The summed E-state index contributed by atoms with van der Waals surface area (Å²) in [5, 5.41) is 58.4. The maximum Gasteiger partial charge on any atom is 0.117 e. The van der Waals surface area contributed by atoms with Crippen molar-refractivity contribution in [3.63, 3.8) is 0 Å². The summed E-state index contributed by atoms with van der Waals surface area (Å²) in [6.07, 6.45) is -0.550. The molecule has 1 saturated heterocycles. The first-order valence-corrected chi connectivity index (χ1v) is 11.9. The second-order valence-electron chi connectivity index (χ2n) is 11.6. The summed E-state index contributed by atoms with van der Waals surface area (Å²) in [6, 6.07) is -0.135. The lowest BCUT2D eigenvalue weighted by Crippen LogP contribution is -2.81. The second kappa shape index (κ2) is 6.02. The standard InChI is InChI=1S/C23H37NO7/c1-4-24-10-19(11-30-2)6-5-15(31-3)23-12-7-21(28)14(25)9-20(27,16(12)18(21)26)13(17(23)24)8-22(19,23)29/h12-18,25-29H,4-11H2,1-3H3/t12-,13+,14+,15+,16-,17?,18-,19+,20+,21+,22+,23-/m1/s1. The second-order valence-corrected chi connectivity index (χ2v) is 11.6. The molecule has 8 nitrogen and oxygen atoms in total. The van der Waals surface area contributed by atoms with Crippen LogP contribution in [0.1, 0.15) is 39.0 Å². The van der Waals surface area contributed by atoms with E-state index in [0.29, 0.717) is 19.6 Å². The molecule has 6 rings (SSSR count). The molecule has 1 unspecified atom stereocenters. The molecule has 5 N–H and O–H groups in total. The Bertz CT molecular complexity index is 798. The number of aliphatic hydroxyl groups excluding tert-OH is 2. The molecule has 1 spiro atoms. The van der Waals surface area contributed by atoms with Crippen molar-refractivity contribution in [1.29, 1.82) is 0 Å². The number of methoxy groups -OCH3 is 2. The molecule has 176 valence electrons.